The summed E-state index contributed by atoms with van der Waals surface area (Å²) in [7, 11) is -3.32. The number of amides is 1. The van der Waals surface area contributed by atoms with E-state index in [9.17, 15) is 30.8 Å². The van der Waals surface area contributed by atoms with Crippen LogP contribution in [0.3, 0.4) is 0 Å². The Morgan fingerprint density at radius 3 is 2.37 bits per heavy atom. The lowest BCUT2D eigenvalue weighted by atomic mass is 9.93. The number of nitrogens with two attached hydrogens (primary N) is 1. The van der Waals surface area contributed by atoms with Crippen LogP contribution in [0.25, 0.3) is 11.4 Å². The molecule has 1 aromatic heterocycles. The molecule has 0 radical (unpaired) electrons. The Morgan fingerprint density at radius 2 is 1.89 bits per heavy atom. The predicted molar refractivity (Wildman–Crippen MR) is 125 cm³/mol. The molecule has 1 saturated heterocycles. The zero-order valence-corrected chi connectivity index (χ0v) is 21.4. The number of aryl methyl sites for hydroxylation is 1. The number of benzene rings is 1. The summed E-state index contributed by atoms with van der Waals surface area (Å²) in [6, 6.07) is 3.84. The number of carbonyl (C=O) groups is 2. The van der Waals surface area contributed by atoms with Crippen LogP contribution in [0.2, 0.25) is 0 Å². The van der Waals surface area contributed by atoms with Crippen molar-refractivity contribution in [3.63, 3.8) is 0 Å². The highest BCUT2D eigenvalue weighted by atomic mass is 32.2. The Bertz CT molecular complexity index is 1280. The minimum Gasteiger partial charge on any atom is -0.475 e. The Morgan fingerprint density at radius 1 is 1.26 bits per heavy atom. The highest BCUT2D eigenvalue weighted by Crippen LogP contribution is 2.40. The van der Waals surface area contributed by atoms with E-state index < -0.39 is 40.1 Å². The number of likely N-dealkylation sites (tertiary alicyclic amines) is 1. The fourth-order valence-electron chi connectivity index (χ4n) is 4.03. The van der Waals surface area contributed by atoms with E-state index in [1.807, 2.05) is 0 Å². The molecule has 2 fully saturated rings. The van der Waals surface area contributed by atoms with Gasteiger partial charge in [0.2, 0.25) is 17.6 Å². The Labute approximate surface area is 216 Å². The van der Waals surface area contributed by atoms with Gasteiger partial charge in [-0.2, -0.15) is 18.2 Å². The van der Waals surface area contributed by atoms with Gasteiger partial charge in [-0.25, -0.2) is 17.6 Å². The Kier molecular flexibility index (Phi) is 8.81. The van der Waals surface area contributed by atoms with Crippen molar-refractivity contribution >= 4 is 21.7 Å². The standard InChI is InChI=1S/C21H27FN4O4S.C2HF3O2/c1-12-9-15(31(2,28)29)5-6-16(12)19-24-20(30-25-19)17(10-13-3-4-13)18(23)21(27)26-8-7-14(22)11-26;3-2(4,5)1(6)7/h5-6,9,13-14,17-18H,3-4,7-8,10-11,23H2,1-2H3;(H,6,7)/t14-,17-,18-;/m0./s1. The van der Waals surface area contributed by atoms with Crippen molar-refractivity contribution in [2.24, 2.45) is 11.7 Å². The maximum atomic E-state index is 13.6. The molecule has 1 amide bonds. The number of nitrogens with zero attached hydrogens (tertiary/aromatic N) is 3. The van der Waals surface area contributed by atoms with Crippen LogP contribution in [-0.2, 0) is 19.4 Å². The zero-order chi connectivity index (χ0) is 28.4. The van der Waals surface area contributed by atoms with E-state index in [1.54, 1.807) is 19.1 Å². The second kappa shape index (κ2) is 11.4. The molecule has 2 heterocycles. The van der Waals surface area contributed by atoms with Gasteiger partial charge in [0.15, 0.2) is 9.84 Å². The van der Waals surface area contributed by atoms with Crippen molar-refractivity contribution in [1.29, 1.82) is 0 Å². The molecule has 0 bridgehead atoms. The van der Waals surface area contributed by atoms with Gasteiger partial charge in [-0.05, 0) is 49.4 Å². The lowest BCUT2D eigenvalue weighted by Gasteiger charge is -2.25. The van der Waals surface area contributed by atoms with Gasteiger partial charge in [-0.15, -0.1) is 0 Å². The molecule has 15 heteroatoms. The summed E-state index contributed by atoms with van der Waals surface area (Å²) in [5.74, 6) is -2.44. The lowest BCUT2D eigenvalue weighted by Crippen LogP contribution is -2.46. The van der Waals surface area contributed by atoms with Crippen LogP contribution in [-0.4, -0.2) is 78.2 Å². The molecule has 1 saturated carbocycles. The first-order valence-corrected chi connectivity index (χ1v) is 13.6. The highest BCUT2D eigenvalue weighted by molar-refractivity contribution is 7.90. The average molecular weight is 565 g/mol. The van der Waals surface area contributed by atoms with Crippen LogP contribution >= 0.6 is 0 Å². The quantitative estimate of drug-likeness (QED) is 0.483. The second-order valence-corrected chi connectivity index (χ2v) is 11.5. The summed E-state index contributed by atoms with van der Waals surface area (Å²) < 4.78 is 74.4. The second-order valence-electron chi connectivity index (χ2n) is 9.49. The molecule has 210 valence electrons. The number of hydrogen-bond donors (Lipinski definition) is 2. The number of aliphatic carboxylic acids is 1. The zero-order valence-electron chi connectivity index (χ0n) is 20.6. The fraction of sp³-hybridized carbons (Fsp3) is 0.565. The molecule has 1 aliphatic heterocycles. The van der Waals surface area contributed by atoms with Crippen molar-refractivity contribution in [1.82, 2.24) is 15.0 Å². The maximum absolute atomic E-state index is 13.6. The number of hydrogen-bond acceptors (Lipinski definition) is 8. The molecular formula is C23H28F4N4O6S. The summed E-state index contributed by atoms with van der Waals surface area (Å²) in [6.07, 6.45) is -1.81. The average Bonchev–Trinajstić information content (AvgIpc) is 3.32. The van der Waals surface area contributed by atoms with E-state index in [-0.39, 0.29) is 23.2 Å². The van der Waals surface area contributed by atoms with Gasteiger partial charge < -0.3 is 20.3 Å². The van der Waals surface area contributed by atoms with Gasteiger partial charge >= 0.3 is 12.1 Å². The number of carboxylic acids is 1. The minimum absolute atomic E-state index is 0.0731. The number of sulfone groups is 1. The number of rotatable bonds is 7. The van der Waals surface area contributed by atoms with E-state index in [0.717, 1.165) is 19.1 Å². The summed E-state index contributed by atoms with van der Waals surface area (Å²) in [5.41, 5.74) is 7.67. The van der Waals surface area contributed by atoms with Crippen LogP contribution in [0.4, 0.5) is 17.6 Å². The smallest absolute Gasteiger partial charge is 0.475 e. The highest BCUT2D eigenvalue weighted by Gasteiger charge is 2.40. The largest absolute Gasteiger partial charge is 0.490 e. The number of halogens is 4. The van der Waals surface area contributed by atoms with Gasteiger partial charge in [0.05, 0.1) is 23.4 Å². The van der Waals surface area contributed by atoms with E-state index in [2.05, 4.69) is 10.1 Å². The molecule has 2 aliphatic rings. The van der Waals surface area contributed by atoms with Gasteiger partial charge in [-0.1, -0.05) is 18.0 Å². The SMILES string of the molecule is Cc1cc(S(C)(=O)=O)ccc1-c1noc([C@@H](CC2CC2)[C@H](N)C(=O)N2CC[C@H](F)C2)n1.O=C(O)C(F)(F)F. The summed E-state index contributed by atoms with van der Waals surface area (Å²) in [6.45, 7) is 2.21. The van der Waals surface area contributed by atoms with Crippen molar-refractivity contribution in [3.8, 4) is 11.4 Å². The molecule has 38 heavy (non-hydrogen) atoms. The van der Waals surface area contributed by atoms with Gasteiger partial charge in [0.1, 0.15) is 6.17 Å². The fourth-order valence-corrected chi connectivity index (χ4v) is 4.73. The van der Waals surface area contributed by atoms with Crippen molar-refractivity contribution in [2.75, 3.05) is 19.3 Å². The van der Waals surface area contributed by atoms with Crippen LogP contribution in [0.1, 0.15) is 43.1 Å². The summed E-state index contributed by atoms with van der Waals surface area (Å²) in [5, 5.41) is 11.2. The van der Waals surface area contributed by atoms with E-state index >= 15 is 0 Å². The Hall–Kier alpha value is -3.07. The maximum Gasteiger partial charge on any atom is 0.490 e. The van der Waals surface area contributed by atoms with Gasteiger partial charge in [-0.3, -0.25) is 4.79 Å². The summed E-state index contributed by atoms with van der Waals surface area (Å²) in [4.78, 5) is 27.9. The third-order valence-electron chi connectivity index (χ3n) is 6.31. The van der Waals surface area contributed by atoms with E-state index in [0.29, 0.717) is 42.3 Å². The molecule has 4 rings (SSSR count). The van der Waals surface area contributed by atoms with Gasteiger partial charge in [0, 0.05) is 18.4 Å². The van der Waals surface area contributed by atoms with Crippen LogP contribution in [0, 0.1) is 12.8 Å². The molecule has 1 aromatic carbocycles. The number of aromatic nitrogens is 2. The van der Waals surface area contributed by atoms with Crippen molar-refractivity contribution in [2.45, 2.75) is 61.8 Å². The monoisotopic (exact) mass is 564 g/mol. The molecule has 0 unspecified atom stereocenters. The first kappa shape index (κ1) is 29.5. The molecule has 3 N–H and O–H groups in total. The number of carboxylic acid groups (broad SMARTS) is 1. The van der Waals surface area contributed by atoms with E-state index in [4.69, 9.17) is 20.2 Å². The molecule has 2 aromatic rings. The van der Waals surface area contributed by atoms with Crippen LogP contribution in [0.5, 0.6) is 0 Å². The number of alkyl halides is 4. The Balaban J connectivity index is 0.000000505. The van der Waals surface area contributed by atoms with Crippen molar-refractivity contribution < 1.29 is 45.2 Å². The van der Waals surface area contributed by atoms with Crippen LogP contribution in [0.15, 0.2) is 27.6 Å². The molecule has 10 nitrogen and oxygen atoms in total. The molecular weight excluding hydrogens is 536 g/mol. The predicted octanol–water partition coefficient (Wildman–Crippen LogP) is 2.86. The lowest BCUT2D eigenvalue weighted by molar-refractivity contribution is -0.192. The van der Waals surface area contributed by atoms with Gasteiger partial charge in [0.25, 0.3) is 0 Å². The van der Waals surface area contributed by atoms with Crippen molar-refractivity contribution in [3.05, 3.63) is 29.7 Å². The first-order chi connectivity index (χ1) is 17.6. The topological polar surface area (TPSA) is 157 Å². The normalized spacial score (nSPS) is 19.4. The summed E-state index contributed by atoms with van der Waals surface area (Å²) >= 11 is 0. The molecule has 1 aliphatic carbocycles. The minimum atomic E-state index is -5.08. The molecule has 3 atom stereocenters. The number of carbonyl (C=O) groups excluding carboxylic acids is 1. The van der Waals surface area contributed by atoms with E-state index in [1.165, 1.54) is 11.0 Å². The third kappa shape index (κ3) is 7.49. The van der Waals surface area contributed by atoms with Crippen LogP contribution < -0.4 is 5.73 Å². The molecule has 0 spiro atoms. The first-order valence-electron chi connectivity index (χ1n) is 11.7. The third-order valence-corrected chi connectivity index (χ3v) is 7.42.